The van der Waals surface area contributed by atoms with E-state index in [9.17, 15) is 4.79 Å². The lowest BCUT2D eigenvalue weighted by atomic mass is 9.99. The largest absolute Gasteiger partial charge is 0.318 e. The van der Waals surface area contributed by atoms with Crippen LogP contribution in [-0.2, 0) is 19.9 Å². The van der Waals surface area contributed by atoms with Gasteiger partial charge in [0, 0.05) is 11.9 Å². The average molecular weight is 343 g/mol. The van der Waals surface area contributed by atoms with Crippen LogP contribution in [0.4, 0.5) is 0 Å². The van der Waals surface area contributed by atoms with Crippen molar-refractivity contribution in [3.8, 4) is 0 Å². The van der Waals surface area contributed by atoms with Crippen LogP contribution in [0.1, 0.15) is 33.0 Å². The van der Waals surface area contributed by atoms with E-state index in [1.807, 2.05) is 29.8 Å². The Morgan fingerprint density at radius 1 is 1.22 bits per heavy atom. The lowest BCUT2D eigenvalue weighted by molar-refractivity contribution is 0.0957. The first-order valence-electron chi connectivity index (χ1n) is 7.72. The van der Waals surface area contributed by atoms with Crippen molar-refractivity contribution in [1.29, 1.82) is 0 Å². The zero-order valence-corrected chi connectivity index (χ0v) is 14.5. The predicted octanol–water partition coefficient (Wildman–Crippen LogP) is 3.43. The minimum atomic E-state index is -0.109. The highest BCUT2D eigenvalue weighted by molar-refractivity contribution is 7.16. The highest BCUT2D eigenvalue weighted by atomic mass is 32.1. The van der Waals surface area contributed by atoms with Crippen molar-refractivity contribution < 1.29 is 4.79 Å². The van der Waals surface area contributed by atoms with Crippen molar-refractivity contribution in [3.05, 3.63) is 50.5 Å². The summed E-state index contributed by atoms with van der Waals surface area (Å²) in [5.41, 5.74) is 5.18. The third-order valence-electron chi connectivity index (χ3n) is 4.19. The molecule has 1 N–H and O–H groups in total. The Kier molecular flexibility index (Phi) is 3.79. The van der Waals surface area contributed by atoms with Crippen LogP contribution in [0, 0.1) is 0 Å². The first-order valence-corrected chi connectivity index (χ1v) is 9.36. The Hall–Kier alpha value is -1.92. The van der Waals surface area contributed by atoms with Gasteiger partial charge in [-0.3, -0.25) is 4.79 Å². The zero-order valence-electron chi connectivity index (χ0n) is 12.8. The third kappa shape index (κ3) is 2.72. The maximum Gasteiger partial charge on any atom is 0.281 e. The molecule has 118 valence electrons. The van der Waals surface area contributed by atoms with Crippen LogP contribution in [0.2, 0.25) is 0 Å². The minimum Gasteiger partial charge on any atom is -0.318 e. The number of benzene rings is 1. The van der Waals surface area contributed by atoms with E-state index in [0.717, 1.165) is 32.7 Å². The monoisotopic (exact) mass is 343 g/mol. The number of aryl methyl sites for hydroxylation is 3. The van der Waals surface area contributed by atoms with E-state index in [-0.39, 0.29) is 5.91 Å². The summed E-state index contributed by atoms with van der Waals surface area (Å²) in [4.78, 5) is 15.3. The van der Waals surface area contributed by atoms with Gasteiger partial charge in [0.1, 0.15) is 0 Å². The fourth-order valence-corrected chi connectivity index (χ4v) is 5.07. The van der Waals surface area contributed by atoms with E-state index in [4.69, 9.17) is 0 Å². The van der Waals surface area contributed by atoms with Crippen LogP contribution in [-0.4, -0.2) is 10.5 Å². The maximum atomic E-state index is 12.4. The van der Waals surface area contributed by atoms with Gasteiger partial charge in [-0.15, -0.1) is 16.4 Å². The van der Waals surface area contributed by atoms with Gasteiger partial charge in [0.25, 0.3) is 5.91 Å². The third-order valence-corrected chi connectivity index (χ3v) is 6.54. The van der Waals surface area contributed by atoms with Crippen LogP contribution in [0.5, 0.6) is 0 Å². The molecule has 0 saturated heterocycles. The number of fused-ring (bicyclic) bond motifs is 2. The van der Waals surface area contributed by atoms with E-state index < -0.39 is 0 Å². The second-order valence-electron chi connectivity index (χ2n) is 5.73. The van der Waals surface area contributed by atoms with Crippen LogP contribution < -0.4 is 10.2 Å². The number of hydrogen-bond donors (Lipinski definition) is 1. The molecule has 23 heavy (non-hydrogen) atoms. The summed E-state index contributed by atoms with van der Waals surface area (Å²) in [6.45, 7) is 0. The molecule has 0 radical (unpaired) electrons. The van der Waals surface area contributed by atoms with Crippen LogP contribution in [0.3, 0.4) is 0 Å². The summed E-state index contributed by atoms with van der Waals surface area (Å²) in [5, 5.41) is 4.31. The normalized spacial score (nSPS) is 14.9. The van der Waals surface area contributed by atoms with E-state index in [1.165, 1.54) is 23.3 Å². The Morgan fingerprint density at radius 3 is 2.87 bits per heavy atom. The van der Waals surface area contributed by atoms with Gasteiger partial charge in [-0.2, -0.15) is 0 Å². The number of nitrogens with one attached hydrogen (secondary N) is 1. The van der Waals surface area contributed by atoms with E-state index >= 15 is 0 Å². The molecule has 1 aliphatic carbocycles. The Morgan fingerprint density at radius 2 is 2.04 bits per heavy atom. The molecule has 4 rings (SSSR count). The van der Waals surface area contributed by atoms with Crippen molar-refractivity contribution in [1.82, 2.24) is 9.99 Å². The Bertz CT molecular complexity index is 925. The number of nitrogens with zero attached hydrogens (tertiary/aromatic N) is 2. The molecular weight excluding hydrogens is 326 g/mol. The first-order chi connectivity index (χ1) is 11.2. The van der Waals surface area contributed by atoms with Crippen molar-refractivity contribution >= 4 is 38.8 Å². The molecule has 2 heterocycles. The number of amides is 1. The Labute approximate surface area is 142 Å². The molecule has 0 unspecified atom stereocenters. The molecule has 0 spiro atoms. The van der Waals surface area contributed by atoms with E-state index in [0.29, 0.717) is 0 Å². The number of hydrogen-bond acceptors (Lipinski definition) is 4. The molecular formula is C17H17N3OS2. The van der Waals surface area contributed by atoms with Gasteiger partial charge >= 0.3 is 0 Å². The number of aromatic nitrogens is 1. The first kappa shape index (κ1) is 14.7. The summed E-state index contributed by atoms with van der Waals surface area (Å²) < 4.78 is 3.16. The fourth-order valence-electron chi connectivity index (χ4n) is 2.94. The standard InChI is InChI=1S/C17H17N3OS2/c1-20-12-7-3-5-9-14(12)23-17(20)19-18-16(21)15-10-11-6-2-4-8-13(11)22-15/h3,5,7,9-10H,2,4,6,8H2,1H3,(H,18,21)/b19-17+. The SMILES string of the molecule is Cn1/c(=N\NC(=O)c2cc3c(s2)CCCC3)sc2ccccc21. The molecule has 1 aromatic carbocycles. The van der Waals surface area contributed by atoms with Gasteiger partial charge in [0.05, 0.1) is 15.1 Å². The molecule has 6 heteroatoms. The van der Waals surface area contributed by atoms with Gasteiger partial charge < -0.3 is 4.57 Å². The second kappa shape index (κ2) is 5.94. The van der Waals surface area contributed by atoms with Crippen molar-refractivity contribution in [2.45, 2.75) is 25.7 Å². The van der Waals surface area contributed by atoms with Crippen molar-refractivity contribution in [2.75, 3.05) is 0 Å². The average Bonchev–Trinajstić information content (AvgIpc) is 3.15. The maximum absolute atomic E-state index is 12.4. The molecule has 1 aliphatic rings. The molecule has 4 nitrogen and oxygen atoms in total. The van der Waals surface area contributed by atoms with Crippen LogP contribution >= 0.6 is 22.7 Å². The van der Waals surface area contributed by atoms with E-state index in [1.54, 1.807) is 22.7 Å². The van der Waals surface area contributed by atoms with Gasteiger partial charge in [-0.1, -0.05) is 23.5 Å². The van der Waals surface area contributed by atoms with Crippen molar-refractivity contribution in [3.63, 3.8) is 0 Å². The molecule has 1 amide bonds. The van der Waals surface area contributed by atoms with Crippen molar-refractivity contribution in [2.24, 2.45) is 12.1 Å². The molecule has 0 atom stereocenters. The lowest BCUT2D eigenvalue weighted by Gasteiger charge is -2.08. The number of rotatable bonds is 2. The number of carbonyl (C=O) groups excluding carboxylic acids is 1. The van der Waals surface area contributed by atoms with Gasteiger partial charge in [-0.25, -0.2) is 5.43 Å². The molecule has 0 bridgehead atoms. The Balaban J connectivity index is 1.60. The second-order valence-corrected chi connectivity index (χ2v) is 7.88. The number of thiophene rings is 1. The summed E-state index contributed by atoms with van der Waals surface area (Å²) in [7, 11) is 1.97. The van der Waals surface area contributed by atoms with Crippen LogP contribution in [0.25, 0.3) is 10.2 Å². The summed E-state index contributed by atoms with van der Waals surface area (Å²) in [6, 6.07) is 10.2. The fraction of sp³-hybridized carbons (Fsp3) is 0.294. The van der Waals surface area contributed by atoms with E-state index in [2.05, 4.69) is 22.7 Å². The summed E-state index contributed by atoms with van der Waals surface area (Å²) in [5.74, 6) is -0.109. The summed E-state index contributed by atoms with van der Waals surface area (Å²) >= 11 is 3.19. The highest BCUT2D eigenvalue weighted by Gasteiger charge is 2.17. The highest BCUT2D eigenvalue weighted by Crippen LogP contribution is 2.29. The zero-order chi connectivity index (χ0) is 15.8. The molecule has 3 aromatic rings. The number of thiazole rings is 1. The molecule has 2 aromatic heterocycles. The molecule has 0 fully saturated rings. The smallest absolute Gasteiger partial charge is 0.281 e. The number of carbonyl (C=O) groups is 1. The number of para-hydroxylation sites is 1. The quantitative estimate of drug-likeness (QED) is 0.712. The molecule has 0 aliphatic heterocycles. The van der Waals surface area contributed by atoms with Gasteiger partial charge in [-0.05, 0) is 49.4 Å². The minimum absolute atomic E-state index is 0.109. The predicted molar refractivity (Wildman–Crippen MR) is 94.8 cm³/mol. The topological polar surface area (TPSA) is 46.4 Å². The van der Waals surface area contributed by atoms with Gasteiger partial charge in [0.15, 0.2) is 0 Å². The van der Waals surface area contributed by atoms with Crippen LogP contribution in [0.15, 0.2) is 35.4 Å². The van der Waals surface area contributed by atoms with Gasteiger partial charge in [0.2, 0.25) is 4.80 Å². The molecule has 0 saturated carbocycles. The lowest BCUT2D eigenvalue weighted by Crippen LogP contribution is -2.22. The summed E-state index contributed by atoms with van der Waals surface area (Å²) in [6.07, 6.45) is 4.67.